The second kappa shape index (κ2) is 5.98. The number of hydrogen-bond acceptors (Lipinski definition) is 1. The molecule has 2 aromatic rings. The number of halogens is 1. The van der Waals surface area contributed by atoms with E-state index in [0.717, 1.165) is 30.5 Å². The Kier molecular flexibility index (Phi) is 4.06. The average Bonchev–Trinajstić information content (AvgIpc) is 2.86. The lowest BCUT2D eigenvalue weighted by molar-refractivity contribution is 0.538. The van der Waals surface area contributed by atoms with Crippen molar-refractivity contribution in [2.75, 3.05) is 0 Å². The second-order valence-electron chi connectivity index (χ2n) is 5.76. The summed E-state index contributed by atoms with van der Waals surface area (Å²) in [6.45, 7) is 2.20. The third kappa shape index (κ3) is 3.16. The SMILES string of the molecule is CC1=C(c2ccc(F)cc2)C(Cc2c[nH]c(=S)[nH]2)CCC1. The highest BCUT2D eigenvalue weighted by Crippen LogP contribution is 2.38. The van der Waals surface area contributed by atoms with Gasteiger partial charge in [-0.3, -0.25) is 0 Å². The molecule has 1 aliphatic carbocycles. The van der Waals surface area contributed by atoms with Gasteiger partial charge in [-0.15, -0.1) is 0 Å². The van der Waals surface area contributed by atoms with Crippen molar-refractivity contribution in [3.8, 4) is 0 Å². The van der Waals surface area contributed by atoms with Gasteiger partial charge in [-0.25, -0.2) is 4.39 Å². The Bertz CT molecular complexity index is 709. The molecule has 110 valence electrons. The van der Waals surface area contributed by atoms with Crippen LogP contribution in [0.15, 0.2) is 36.0 Å². The summed E-state index contributed by atoms with van der Waals surface area (Å²) >= 11 is 5.10. The van der Waals surface area contributed by atoms with Gasteiger partial charge < -0.3 is 9.97 Å². The Hall–Kier alpha value is -1.68. The van der Waals surface area contributed by atoms with E-state index in [1.807, 2.05) is 18.3 Å². The molecular formula is C17H19FN2S. The van der Waals surface area contributed by atoms with Crippen LogP contribution in [-0.2, 0) is 6.42 Å². The third-order valence-corrected chi connectivity index (χ3v) is 4.47. The van der Waals surface area contributed by atoms with Crippen molar-refractivity contribution in [1.82, 2.24) is 9.97 Å². The fraction of sp³-hybridized carbons (Fsp3) is 0.353. The van der Waals surface area contributed by atoms with E-state index >= 15 is 0 Å². The number of benzene rings is 1. The van der Waals surface area contributed by atoms with Crippen LogP contribution >= 0.6 is 12.2 Å². The molecule has 21 heavy (non-hydrogen) atoms. The molecule has 0 saturated carbocycles. The number of aromatic nitrogens is 2. The first-order valence-electron chi connectivity index (χ1n) is 7.35. The fourth-order valence-corrected chi connectivity index (χ4v) is 3.49. The number of rotatable bonds is 3. The van der Waals surface area contributed by atoms with Crippen molar-refractivity contribution < 1.29 is 4.39 Å². The van der Waals surface area contributed by atoms with Crippen LogP contribution < -0.4 is 0 Å². The van der Waals surface area contributed by atoms with Crippen molar-refractivity contribution >= 4 is 17.8 Å². The molecule has 0 spiro atoms. The lowest BCUT2D eigenvalue weighted by Crippen LogP contribution is -2.14. The normalized spacial score (nSPS) is 19.0. The molecule has 1 unspecified atom stereocenters. The highest BCUT2D eigenvalue weighted by Gasteiger charge is 2.23. The van der Waals surface area contributed by atoms with Crippen molar-refractivity contribution in [3.63, 3.8) is 0 Å². The van der Waals surface area contributed by atoms with Crippen molar-refractivity contribution in [1.29, 1.82) is 0 Å². The van der Waals surface area contributed by atoms with E-state index in [9.17, 15) is 4.39 Å². The van der Waals surface area contributed by atoms with Crippen LogP contribution in [0.5, 0.6) is 0 Å². The fourth-order valence-electron chi connectivity index (χ4n) is 3.30. The Balaban J connectivity index is 1.93. The Labute approximate surface area is 129 Å². The van der Waals surface area contributed by atoms with Gasteiger partial charge in [-0.1, -0.05) is 17.7 Å². The molecule has 1 aromatic carbocycles. The van der Waals surface area contributed by atoms with Crippen molar-refractivity contribution in [3.05, 3.63) is 57.9 Å². The minimum Gasteiger partial charge on any atom is -0.337 e. The summed E-state index contributed by atoms with van der Waals surface area (Å²) in [7, 11) is 0. The maximum absolute atomic E-state index is 13.2. The third-order valence-electron chi connectivity index (χ3n) is 4.25. The van der Waals surface area contributed by atoms with Crippen molar-refractivity contribution in [2.45, 2.75) is 32.6 Å². The molecule has 3 rings (SSSR count). The van der Waals surface area contributed by atoms with Crippen LogP contribution in [0.3, 0.4) is 0 Å². The number of aromatic amines is 2. The Morgan fingerprint density at radius 1 is 1.29 bits per heavy atom. The van der Waals surface area contributed by atoms with E-state index in [1.165, 1.54) is 17.6 Å². The standard InChI is InChI=1S/C17H19FN2S/c1-11-3-2-4-13(9-15-10-19-17(21)20-15)16(11)12-5-7-14(18)8-6-12/h5-8,10,13H,2-4,9H2,1H3,(H2,19,20,21). The zero-order valence-corrected chi connectivity index (χ0v) is 12.9. The maximum Gasteiger partial charge on any atom is 0.174 e. The zero-order valence-electron chi connectivity index (χ0n) is 12.1. The van der Waals surface area contributed by atoms with Crippen LogP contribution in [0, 0.1) is 16.5 Å². The lowest BCUT2D eigenvalue weighted by atomic mass is 9.77. The van der Waals surface area contributed by atoms with E-state index in [4.69, 9.17) is 12.2 Å². The maximum atomic E-state index is 13.2. The molecule has 1 heterocycles. The predicted octanol–water partition coefficient (Wildman–Crippen LogP) is 5.03. The molecule has 0 saturated heterocycles. The molecule has 1 aliphatic rings. The van der Waals surface area contributed by atoms with E-state index in [2.05, 4.69) is 16.9 Å². The zero-order chi connectivity index (χ0) is 14.8. The van der Waals surface area contributed by atoms with Crippen LogP contribution in [0.4, 0.5) is 4.39 Å². The topological polar surface area (TPSA) is 31.6 Å². The monoisotopic (exact) mass is 302 g/mol. The summed E-state index contributed by atoms with van der Waals surface area (Å²) in [5.41, 5.74) is 5.08. The second-order valence-corrected chi connectivity index (χ2v) is 6.17. The number of H-pyrrole nitrogens is 2. The van der Waals surface area contributed by atoms with Crippen LogP contribution in [-0.4, -0.2) is 9.97 Å². The summed E-state index contributed by atoms with van der Waals surface area (Å²) in [4.78, 5) is 6.22. The quantitative estimate of drug-likeness (QED) is 0.766. The van der Waals surface area contributed by atoms with Crippen LogP contribution in [0.1, 0.15) is 37.4 Å². The summed E-state index contributed by atoms with van der Waals surface area (Å²) in [6.07, 6.45) is 6.40. The smallest absolute Gasteiger partial charge is 0.174 e. The number of hydrogen-bond donors (Lipinski definition) is 2. The molecular weight excluding hydrogens is 283 g/mol. The summed E-state index contributed by atoms with van der Waals surface area (Å²) in [5.74, 6) is 0.282. The molecule has 0 amide bonds. The van der Waals surface area contributed by atoms with Gasteiger partial charge in [0.1, 0.15) is 5.82 Å². The molecule has 4 heteroatoms. The first-order valence-corrected chi connectivity index (χ1v) is 7.76. The molecule has 1 aromatic heterocycles. The largest absolute Gasteiger partial charge is 0.337 e. The minimum atomic E-state index is -0.181. The Morgan fingerprint density at radius 3 is 2.71 bits per heavy atom. The van der Waals surface area contributed by atoms with Crippen LogP contribution in [0.25, 0.3) is 5.57 Å². The molecule has 0 fully saturated rings. The van der Waals surface area contributed by atoms with Gasteiger partial charge in [0.2, 0.25) is 0 Å². The van der Waals surface area contributed by atoms with Crippen molar-refractivity contribution in [2.24, 2.45) is 5.92 Å². The summed E-state index contributed by atoms with van der Waals surface area (Å²) in [6, 6.07) is 6.88. The van der Waals surface area contributed by atoms with E-state index in [0.29, 0.717) is 10.7 Å². The number of nitrogens with one attached hydrogen (secondary N) is 2. The highest BCUT2D eigenvalue weighted by atomic mass is 32.1. The Morgan fingerprint density at radius 2 is 2.05 bits per heavy atom. The van der Waals surface area contributed by atoms with Gasteiger partial charge in [0.15, 0.2) is 4.77 Å². The molecule has 0 radical (unpaired) electrons. The van der Waals surface area contributed by atoms with Crippen LogP contribution in [0.2, 0.25) is 0 Å². The van der Waals surface area contributed by atoms with Gasteiger partial charge in [-0.05, 0) is 74.0 Å². The van der Waals surface area contributed by atoms with Gasteiger partial charge >= 0.3 is 0 Å². The average molecular weight is 302 g/mol. The van der Waals surface area contributed by atoms with Gasteiger partial charge in [0.05, 0.1) is 0 Å². The molecule has 2 nitrogen and oxygen atoms in total. The van der Waals surface area contributed by atoms with E-state index in [-0.39, 0.29) is 5.82 Å². The molecule has 0 aliphatic heterocycles. The predicted molar refractivity (Wildman–Crippen MR) is 86.0 cm³/mol. The van der Waals surface area contributed by atoms with Gasteiger partial charge in [0, 0.05) is 11.9 Å². The number of allylic oxidation sites excluding steroid dienone is 2. The van der Waals surface area contributed by atoms with E-state index < -0.39 is 0 Å². The van der Waals surface area contributed by atoms with Gasteiger partial charge in [-0.2, -0.15) is 0 Å². The highest BCUT2D eigenvalue weighted by molar-refractivity contribution is 7.71. The molecule has 1 atom stereocenters. The summed E-state index contributed by atoms with van der Waals surface area (Å²) in [5, 5.41) is 0. The molecule has 2 N–H and O–H groups in total. The molecule has 0 bridgehead atoms. The minimum absolute atomic E-state index is 0.181. The first kappa shape index (κ1) is 14.3. The van der Waals surface area contributed by atoms with Gasteiger partial charge in [0.25, 0.3) is 0 Å². The first-order chi connectivity index (χ1) is 10.1. The summed E-state index contributed by atoms with van der Waals surface area (Å²) < 4.78 is 13.8. The van der Waals surface area contributed by atoms with E-state index in [1.54, 1.807) is 12.1 Å². The lowest BCUT2D eigenvalue weighted by Gasteiger charge is -2.27. The number of imidazole rings is 1.